The van der Waals surface area contributed by atoms with E-state index in [1.807, 2.05) is 0 Å². The van der Waals surface area contributed by atoms with Gasteiger partial charge in [0.1, 0.15) is 6.04 Å². The van der Waals surface area contributed by atoms with Crippen molar-refractivity contribution in [1.82, 2.24) is 5.32 Å². The molecule has 1 aromatic carbocycles. The monoisotopic (exact) mass is 232 g/mol. The van der Waals surface area contributed by atoms with Crippen LogP contribution in [-0.4, -0.2) is 17.7 Å². The third-order valence-corrected chi connectivity index (χ3v) is 2.62. The number of nitrogens with zero attached hydrogens (tertiary/aromatic N) is 1. The molecule has 0 fully saturated rings. The van der Waals surface area contributed by atoms with E-state index in [0.717, 1.165) is 4.90 Å². The third-order valence-electron chi connectivity index (χ3n) is 2.62. The lowest BCUT2D eigenvalue weighted by Crippen LogP contribution is -2.38. The smallest absolute Gasteiger partial charge is 0.261 e. The first kappa shape index (κ1) is 11.3. The number of imide groups is 1. The lowest BCUT2D eigenvalue weighted by molar-refractivity contribution is -0.129. The van der Waals surface area contributed by atoms with Crippen LogP contribution in [0.4, 0.5) is 5.69 Å². The molecule has 1 N–H and O–H groups in total. The van der Waals surface area contributed by atoms with Crippen LogP contribution in [0.3, 0.4) is 0 Å². The minimum atomic E-state index is -0.757. The van der Waals surface area contributed by atoms with Crippen LogP contribution in [0.15, 0.2) is 24.3 Å². The molecule has 2 rings (SSSR count). The van der Waals surface area contributed by atoms with E-state index >= 15 is 0 Å². The Balaban J connectivity index is 2.48. The zero-order valence-corrected chi connectivity index (χ0v) is 9.56. The first-order valence-electron chi connectivity index (χ1n) is 5.23. The molecule has 5 heteroatoms. The molecule has 88 valence electrons. The summed E-state index contributed by atoms with van der Waals surface area (Å²) in [6.45, 7) is 2.66. The summed E-state index contributed by atoms with van der Waals surface area (Å²) in [5.74, 6) is -1.06. The quantitative estimate of drug-likeness (QED) is 0.777. The predicted molar refractivity (Wildman–Crippen MR) is 61.2 cm³/mol. The first-order valence-corrected chi connectivity index (χ1v) is 5.23. The fraction of sp³-hybridized carbons (Fsp3) is 0.250. The molecule has 0 aromatic heterocycles. The second-order valence-corrected chi connectivity index (χ2v) is 3.89. The molecule has 0 saturated heterocycles. The molecular formula is C12H12N2O3. The number of benzene rings is 1. The molecule has 1 aromatic rings. The van der Waals surface area contributed by atoms with Crippen molar-refractivity contribution in [3.05, 3.63) is 29.8 Å². The minimum absolute atomic E-state index is 0.302. The van der Waals surface area contributed by atoms with Crippen molar-refractivity contribution in [2.75, 3.05) is 4.90 Å². The van der Waals surface area contributed by atoms with E-state index in [4.69, 9.17) is 0 Å². The number of anilines is 1. The summed E-state index contributed by atoms with van der Waals surface area (Å²) in [5.41, 5.74) is 1.20. The van der Waals surface area contributed by atoms with E-state index in [0.29, 0.717) is 11.3 Å². The third kappa shape index (κ3) is 1.80. The molecule has 17 heavy (non-hydrogen) atoms. The van der Waals surface area contributed by atoms with Crippen LogP contribution in [0.25, 0.3) is 0 Å². The van der Waals surface area contributed by atoms with Gasteiger partial charge in [-0.05, 0) is 6.07 Å². The highest BCUT2D eigenvalue weighted by Crippen LogP contribution is 2.35. The number of nitrogens with one attached hydrogen (secondary N) is 1. The van der Waals surface area contributed by atoms with E-state index in [9.17, 15) is 14.4 Å². The van der Waals surface area contributed by atoms with Crippen LogP contribution in [-0.2, 0) is 14.4 Å². The molecule has 1 heterocycles. The lowest BCUT2D eigenvalue weighted by Gasteiger charge is -2.13. The Hall–Kier alpha value is -2.17. The van der Waals surface area contributed by atoms with Crippen molar-refractivity contribution in [3.8, 4) is 0 Å². The van der Waals surface area contributed by atoms with Crippen molar-refractivity contribution >= 4 is 23.4 Å². The van der Waals surface area contributed by atoms with E-state index in [1.54, 1.807) is 24.3 Å². The number of amides is 3. The summed E-state index contributed by atoms with van der Waals surface area (Å²) in [5, 5.41) is 2.55. The van der Waals surface area contributed by atoms with Gasteiger partial charge in [0.05, 0.1) is 5.69 Å². The molecule has 1 aliphatic heterocycles. The summed E-state index contributed by atoms with van der Waals surface area (Å²) < 4.78 is 0. The molecule has 0 radical (unpaired) electrons. The Morgan fingerprint density at radius 1 is 1.24 bits per heavy atom. The van der Waals surface area contributed by atoms with Gasteiger partial charge in [-0.3, -0.25) is 14.4 Å². The standard InChI is InChI=1S/C12H12N2O3/c1-7(15)13-11-9-5-3-4-6-10(9)14(8(2)16)12(11)17/h3-6,11H,1-2H3,(H,13,15). The summed E-state index contributed by atoms with van der Waals surface area (Å²) >= 11 is 0. The Morgan fingerprint density at radius 3 is 2.47 bits per heavy atom. The number of rotatable bonds is 1. The van der Waals surface area contributed by atoms with Crippen molar-refractivity contribution in [3.63, 3.8) is 0 Å². The molecule has 0 spiro atoms. The highest BCUT2D eigenvalue weighted by Gasteiger charge is 2.39. The number of fused-ring (bicyclic) bond motifs is 1. The molecule has 0 aliphatic carbocycles. The van der Waals surface area contributed by atoms with E-state index in [-0.39, 0.29) is 11.8 Å². The van der Waals surface area contributed by atoms with Crippen LogP contribution in [0.1, 0.15) is 25.5 Å². The second-order valence-electron chi connectivity index (χ2n) is 3.89. The second kappa shape index (κ2) is 4.01. The maximum absolute atomic E-state index is 12.0. The molecular weight excluding hydrogens is 220 g/mol. The van der Waals surface area contributed by atoms with Gasteiger partial charge in [-0.25, -0.2) is 4.90 Å². The van der Waals surface area contributed by atoms with Gasteiger partial charge < -0.3 is 5.32 Å². The Morgan fingerprint density at radius 2 is 1.88 bits per heavy atom. The number of carbonyl (C=O) groups excluding carboxylic acids is 3. The van der Waals surface area contributed by atoms with Crippen LogP contribution < -0.4 is 10.2 Å². The van der Waals surface area contributed by atoms with Gasteiger partial charge in [0, 0.05) is 19.4 Å². The van der Waals surface area contributed by atoms with Gasteiger partial charge in [0.2, 0.25) is 11.8 Å². The maximum Gasteiger partial charge on any atom is 0.261 e. The van der Waals surface area contributed by atoms with Crippen LogP contribution in [0.2, 0.25) is 0 Å². The molecule has 1 atom stereocenters. The molecule has 0 saturated carbocycles. The van der Waals surface area contributed by atoms with E-state index in [1.165, 1.54) is 13.8 Å². The van der Waals surface area contributed by atoms with Crippen molar-refractivity contribution < 1.29 is 14.4 Å². The van der Waals surface area contributed by atoms with Gasteiger partial charge in [0.15, 0.2) is 0 Å². The van der Waals surface area contributed by atoms with Gasteiger partial charge >= 0.3 is 0 Å². The van der Waals surface area contributed by atoms with E-state index < -0.39 is 11.9 Å². The SMILES string of the molecule is CC(=O)NC1C(=O)N(C(C)=O)c2ccccc21. The van der Waals surface area contributed by atoms with Crippen molar-refractivity contribution in [2.45, 2.75) is 19.9 Å². The minimum Gasteiger partial charge on any atom is -0.341 e. The highest BCUT2D eigenvalue weighted by molar-refractivity contribution is 6.20. The zero-order valence-electron chi connectivity index (χ0n) is 9.56. The summed E-state index contributed by atoms with van der Waals surface area (Å²) in [7, 11) is 0. The molecule has 0 bridgehead atoms. The molecule has 3 amide bonds. The average molecular weight is 232 g/mol. The zero-order chi connectivity index (χ0) is 12.6. The van der Waals surface area contributed by atoms with Crippen LogP contribution >= 0.6 is 0 Å². The number of para-hydroxylation sites is 1. The van der Waals surface area contributed by atoms with Crippen LogP contribution in [0.5, 0.6) is 0 Å². The Bertz CT molecular complexity index is 510. The maximum atomic E-state index is 12.0. The normalized spacial score (nSPS) is 17.9. The van der Waals surface area contributed by atoms with Gasteiger partial charge in [-0.2, -0.15) is 0 Å². The first-order chi connectivity index (χ1) is 8.02. The number of hydrogen-bond acceptors (Lipinski definition) is 3. The lowest BCUT2D eigenvalue weighted by atomic mass is 10.1. The van der Waals surface area contributed by atoms with Crippen molar-refractivity contribution in [1.29, 1.82) is 0 Å². The highest BCUT2D eigenvalue weighted by atomic mass is 16.2. The molecule has 1 unspecified atom stereocenters. The van der Waals surface area contributed by atoms with Gasteiger partial charge in [0.25, 0.3) is 5.91 Å². The summed E-state index contributed by atoms with van der Waals surface area (Å²) in [6, 6.07) is 6.18. The topological polar surface area (TPSA) is 66.5 Å². The number of hydrogen-bond donors (Lipinski definition) is 1. The number of carbonyl (C=O) groups is 3. The van der Waals surface area contributed by atoms with Gasteiger partial charge in [-0.1, -0.05) is 18.2 Å². The molecule has 5 nitrogen and oxygen atoms in total. The largest absolute Gasteiger partial charge is 0.341 e. The summed E-state index contributed by atoms with van der Waals surface area (Å²) in [6.07, 6.45) is 0. The van der Waals surface area contributed by atoms with Crippen molar-refractivity contribution in [2.24, 2.45) is 0 Å². The Kier molecular flexibility index (Phi) is 2.67. The fourth-order valence-corrected chi connectivity index (χ4v) is 1.98. The van der Waals surface area contributed by atoms with E-state index in [2.05, 4.69) is 5.32 Å². The average Bonchev–Trinajstić information content (AvgIpc) is 2.52. The predicted octanol–water partition coefficient (Wildman–Crippen LogP) is 0.757. The fourth-order valence-electron chi connectivity index (χ4n) is 1.98. The van der Waals surface area contributed by atoms with Gasteiger partial charge in [-0.15, -0.1) is 0 Å². The Labute approximate surface area is 98.4 Å². The molecule has 1 aliphatic rings. The van der Waals surface area contributed by atoms with Crippen LogP contribution in [0, 0.1) is 0 Å². The summed E-state index contributed by atoms with van der Waals surface area (Å²) in [4.78, 5) is 35.6.